The fourth-order valence-electron chi connectivity index (χ4n) is 2.36. The fourth-order valence-corrected chi connectivity index (χ4v) is 2.96. The third kappa shape index (κ3) is 3.27. The number of hydrogen-bond acceptors (Lipinski definition) is 5. The molecule has 7 heteroatoms. The average Bonchev–Trinajstić information content (AvgIpc) is 2.80. The molecule has 3 N–H and O–H groups in total. The van der Waals surface area contributed by atoms with Crippen molar-refractivity contribution in [3.05, 3.63) is 22.9 Å². The molecular formula is C13H20N4O2S. The first-order valence-corrected chi connectivity index (χ1v) is 8.60. The fraction of sp³-hybridized carbons (Fsp3) is 0.538. The maximum atomic E-state index is 11.3. The van der Waals surface area contributed by atoms with Gasteiger partial charge in [-0.05, 0) is 30.9 Å². The van der Waals surface area contributed by atoms with Gasteiger partial charge in [-0.3, -0.25) is 5.41 Å². The second-order valence-electron chi connectivity index (χ2n) is 5.28. The second kappa shape index (κ2) is 5.40. The minimum atomic E-state index is -3.03. The van der Waals surface area contributed by atoms with Crippen molar-refractivity contribution in [1.29, 1.82) is 5.41 Å². The SMILES string of the molecule is CN(CCS(C)(=O)=O)c1nc2c(cc1C(=N)N)CCC2. The lowest BCUT2D eigenvalue weighted by Gasteiger charge is -2.21. The topological polar surface area (TPSA) is 100 Å². The van der Waals surface area contributed by atoms with Crippen molar-refractivity contribution < 1.29 is 8.42 Å². The van der Waals surface area contributed by atoms with Crippen LogP contribution in [0.4, 0.5) is 5.82 Å². The molecule has 0 unspecified atom stereocenters. The summed E-state index contributed by atoms with van der Waals surface area (Å²) in [5.41, 5.74) is 8.40. The summed E-state index contributed by atoms with van der Waals surface area (Å²) < 4.78 is 22.5. The van der Waals surface area contributed by atoms with Gasteiger partial charge in [0.25, 0.3) is 0 Å². The first-order valence-electron chi connectivity index (χ1n) is 6.54. The van der Waals surface area contributed by atoms with E-state index in [0.717, 1.165) is 30.5 Å². The van der Waals surface area contributed by atoms with E-state index in [1.807, 2.05) is 6.07 Å². The van der Waals surface area contributed by atoms with E-state index in [-0.39, 0.29) is 11.6 Å². The van der Waals surface area contributed by atoms with E-state index in [4.69, 9.17) is 11.1 Å². The van der Waals surface area contributed by atoms with Gasteiger partial charge in [0.15, 0.2) is 0 Å². The standard InChI is InChI=1S/C13H20N4O2S/c1-17(6-7-20(2,18)19)13-10(12(14)15)8-9-4-3-5-11(9)16-13/h8H,3-7H2,1-2H3,(H3,14,15). The van der Waals surface area contributed by atoms with Crippen molar-refractivity contribution in [2.24, 2.45) is 5.73 Å². The molecule has 0 saturated heterocycles. The third-order valence-corrected chi connectivity index (χ3v) is 4.40. The van der Waals surface area contributed by atoms with Gasteiger partial charge in [-0.1, -0.05) is 0 Å². The smallest absolute Gasteiger partial charge is 0.149 e. The summed E-state index contributed by atoms with van der Waals surface area (Å²) >= 11 is 0. The molecule has 0 amide bonds. The van der Waals surface area contributed by atoms with Crippen LogP contribution in [0.2, 0.25) is 0 Å². The number of nitrogen functional groups attached to an aromatic ring is 1. The molecule has 20 heavy (non-hydrogen) atoms. The monoisotopic (exact) mass is 296 g/mol. The zero-order valence-corrected chi connectivity index (χ0v) is 12.6. The number of nitrogens with one attached hydrogen (secondary N) is 1. The Hall–Kier alpha value is -1.63. The lowest BCUT2D eigenvalue weighted by molar-refractivity contribution is 0.601. The molecule has 1 aromatic rings. The van der Waals surface area contributed by atoms with Gasteiger partial charge in [0, 0.05) is 25.5 Å². The molecule has 1 aromatic heterocycles. The number of hydrogen-bond donors (Lipinski definition) is 2. The molecule has 2 rings (SSSR count). The van der Waals surface area contributed by atoms with Crippen molar-refractivity contribution >= 4 is 21.5 Å². The number of amidine groups is 1. The average molecular weight is 296 g/mol. The Morgan fingerprint density at radius 1 is 1.50 bits per heavy atom. The van der Waals surface area contributed by atoms with Crippen LogP contribution in [-0.2, 0) is 22.7 Å². The van der Waals surface area contributed by atoms with Crippen molar-refractivity contribution in [3.8, 4) is 0 Å². The largest absolute Gasteiger partial charge is 0.384 e. The highest BCUT2D eigenvalue weighted by Crippen LogP contribution is 2.26. The molecule has 110 valence electrons. The van der Waals surface area contributed by atoms with E-state index in [9.17, 15) is 8.42 Å². The molecule has 0 atom stereocenters. The lowest BCUT2D eigenvalue weighted by atomic mass is 10.1. The van der Waals surface area contributed by atoms with Gasteiger partial charge < -0.3 is 10.6 Å². The summed E-state index contributed by atoms with van der Waals surface area (Å²) in [5, 5.41) is 7.68. The van der Waals surface area contributed by atoms with Crippen molar-refractivity contribution in [2.45, 2.75) is 19.3 Å². The van der Waals surface area contributed by atoms with E-state index >= 15 is 0 Å². The van der Waals surface area contributed by atoms with Crippen LogP contribution >= 0.6 is 0 Å². The zero-order chi connectivity index (χ0) is 14.9. The van der Waals surface area contributed by atoms with Crippen LogP contribution in [0, 0.1) is 5.41 Å². The minimum absolute atomic E-state index is 0.0339. The maximum absolute atomic E-state index is 11.3. The molecule has 0 saturated carbocycles. The van der Waals surface area contributed by atoms with Crippen molar-refractivity contribution in [2.75, 3.05) is 30.5 Å². The molecular weight excluding hydrogens is 276 g/mol. The number of aryl methyl sites for hydroxylation is 2. The third-order valence-electron chi connectivity index (χ3n) is 3.48. The zero-order valence-electron chi connectivity index (χ0n) is 11.8. The number of rotatable bonds is 5. The molecule has 0 aromatic carbocycles. The van der Waals surface area contributed by atoms with Crippen LogP contribution < -0.4 is 10.6 Å². The van der Waals surface area contributed by atoms with Crippen LogP contribution in [0.15, 0.2) is 6.07 Å². The Balaban J connectivity index is 2.32. The number of anilines is 1. The molecule has 0 fully saturated rings. The Morgan fingerprint density at radius 2 is 2.20 bits per heavy atom. The molecule has 1 aliphatic rings. The van der Waals surface area contributed by atoms with Gasteiger partial charge in [0.05, 0.1) is 11.3 Å². The Morgan fingerprint density at radius 3 is 2.80 bits per heavy atom. The van der Waals surface area contributed by atoms with Crippen LogP contribution in [0.5, 0.6) is 0 Å². The summed E-state index contributed by atoms with van der Waals surface area (Å²) in [5.74, 6) is 0.620. The summed E-state index contributed by atoms with van der Waals surface area (Å²) in [7, 11) is -1.25. The first-order chi connectivity index (χ1) is 9.28. The molecule has 0 radical (unpaired) electrons. The van der Waals surface area contributed by atoms with E-state index < -0.39 is 9.84 Å². The maximum Gasteiger partial charge on any atom is 0.149 e. The number of nitrogens with two attached hydrogens (primary N) is 1. The molecule has 0 aliphatic heterocycles. The molecule has 0 spiro atoms. The highest BCUT2D eigenvalue weighted by molar-refractivity contribution is 7.90. The van der Waals surface area contributed by atoms with Crippen LogP contribution in [-0.4, -0.2) is 44.8 Å². The highest BCUT2D eigenvalue weighted by Gasteiger charge is 2.20. The van der Waals surface area contributed by atoms with Gasteiger partial charge in [0.1, 0.15) is 21.5 Å². The number of fused-ring (bicyclic) bond motifs is 1. The Kier molecular flexibility index (Phi) is 3.99. The Bertz CT molecular complexity index is 640. The van der Waals surface area contributed by atoms with Crippen LogP contribution in [0.25, 0.3) is 0 Å². The number of sulfone groups is 1. The quantitative estimate of drug-likeness (QED) is 0.602. The minimum Gasteiger partial charge on any atom is -0.384 e. The second-order valence-corrected chi connectivity index (χ2v) is 7.54. The number of nitrogens with zero attached hydrogens (tertiary/aromatic N) is 2. The summed E-state index contributed by atoms with van der Waals surface area (Å²) in [4.78, 5) is 6.35. The summed E-state index contributed by atoms with van der Waals surface area (Å²) in [6.07, 6.45) is 4.18. The Labute approximate surface area is 119 Å². The molecule has 1 heterocycles. The predicted molar refractivity (Wildman–Crippen MR) is 80.3 cm³/mol. The van der Waals surface area contributed by atoms with Gasteiger partial charge >= 0.3 is 0 Å². The summed E-state index contributed by atoms with van der Waals surface area (Å²) in [6, 6.07) is 1.92. The van der Waals surface area contributed by atoms with Gasteiger partial charge in [-0.2, -0.15) is 0 Å². The number of aromatic nitrogens is 1. The van der Waals surface area contributed by atoms with E-state index in [0.29, 0.717) is 17.9 Å². The number of pyridine rings is 1. The highest BCUT2D eigenvalue weighted by atomic mass is 32.2. The lowest BCUT2D eigenvalue weighted by Crippen LogP contribution is -2.29. The van der Waals surface area contributed by atoms with E-state index in [1.54, 1.807) is 11.9 Å². The van der Waals surface area contributed by atoms with Crippen LogP contribution in [0.3, 0.4) is 0 Å². The molecule has 1 aliphatic carbocycles. The van der Waals surface area contributed by atoms with Crippen molar-refractivity contribution in [1.82, 2.24) is 4.98 Å². The van der Waals surface area contributed by atoms with E-state index in [2.05, 4.69) is 4.98 Å². The molecule has 0 bridgehead atoms. The van der Waals surface area contributed by atoms with Gasteiger partial charge in [0.2, 0.25) is 0 Å². The van der Waals surface area contributed by atoms with E-state index in [1.165, 1.54) is 6.26 Å². The van der Waals surface area contributed by atoms with Crippen molar-refractivity contribution in [3.63, 3.8) is 0 Å². The molecule has 6 nitrogen and oxygen atoms in total. The predicted octanol–water partition coefficient (Wildman–Crippen LogP) is 0.335. The summed E-state index contributed by atoms with van der Waals surface area (Å²) in [6.45, 7) is 0.338. The first kappa shape index (κ1) is 14.8. The normalized spacial score (nSPS) is 14.1. The van der Waals surface area contributed by atoms with Gasteiger partial charge in [-0.25, -0.2) is 13.4 Å². The van der Waals surface area contributed by atoms with Crippen LogP contribution in [0.1, 0.15) is 23.2 Å². The van der Waals surface area contributed by atoms with Gasteiger partial charge in [-0.15, -0.1) is 0 Å².